The Bertz CT molecular complexity index is 1110. The van der Waals surface area contributed by atoms with Crippen molar-refractivity contribution in [2.45, 2.75) is 31.9 Å². The number of rotatable bonds is 4. The lowest BCUT2D eigenvalue weighted by molar-refractivity contribution is -0.142. The van der Waals surface area contributed by atoms with Crippen LogP contribution in [0.3, 0.4) is 0 Å². The van der Waals surface area contributed by atoms with E-state index in [1.165, 1.54) is 31.2 Å². The van der Waals surface area contributed by atoms with Gasteiger partial charge >= 0.3 is 6.18 Å². The molecule has 0 aliphatic carbocycles. The highest BCUT2D eigenvalue weighted by Gasteiger charge is 2.35. The number of fused-ring (bicyclic) bond motifs is 1. The molecule has 1 atom stereocenters. The molecule has 0 radical (unpaired) electrons. The van der Waals surface area contributed by atoms with Crippen molar-refractivity contribution in [3.05, 3.63) is 59.3 Å². The number of aryl methyl sites for hydroxylation is 1. The number of amides is 1. The monoisotopic (exact) mass is 436 g/mol. The fraction of sp³-hybridized carbons (Fsp3) is 0.381. The molecule has 2 aromatic heterocycles. The number of piperidine rings is 1. The molecule has 1 aliphatic heterocycles. The van der Waals surface area contributed by atoms with Crippen molar-refractivity contribution in [1.82, 2.24) is 19.5 Å². The normalized spacial score (nSPS) is 17.2. The van der Waals surface area contributed by atoms with Gasteiger partial charge in [0.05, 0.1) is 5.69 Å². The lowest BCUT2D eigenvalue weighted by Gasteiger charge is -2.31. The lowest BCUT2D eigenvalue weighted by atomic mass is 9.95. The molecule has 6 nitrogen and oxygen atoms in total. The maximum absolute atomic E-state index is 13.7. The van der Waals surface area contributed by atoms with Gasteiger partial charge in [-0.05, 0) is 38.0 Å². The first-order valence-electron chi connectivity index (χ1n) is 9.82. The third-order valence-corrected chi connectivity index (χ3v) is 5.24. The summed E-state index contributed by atoms with van der Waals surface area (Å²) >= 11 is 0. The Hall–Kier alpha value is -3.17. The van der Waals surface area contributed by atoms with E-state index in [2.05, 4.69) is 10.1 Å². The van der Waals surface area contributed by atoms with E-state index in [0.29, 0.717) is 31.6 Å². The number of hydrogen-bond acceptors (Lipinski definition) is 4. The second-order valence-electron chi connectivity index (χ2n) is 7.52. The second kappa shape index (κ2) is 8.16. The highest BCUT2D eigenvalue weighted by molar-refractivity contribution is 5.78. The summed E-state index contributed by atoms with van der Waals surface area (Å²) in [5.41, 5.74) is -0.0647. The number of aromatic nitrogens is 3. The first-order valence-corrected chi connectivity index (χ1v) is 9.82. The zero-order valence-electron chi connectivity index (χ0n) is 16.7. The van der Waals surface area contributed by atoms with Gasteiger partial charge in [0.2, 0.25) is 0 Å². The van der Waals surface area contributed by atoms with Gasteiger partial charge in [-0.25, -0.2) is 13.9 Å². The smallest absolute Gasteiger partial charge is 0.433 e. The minimum absolute atomic E-state index is 0.00844. The van der Waals surface area contributed by atoms with E-state index in [1.54, 1.807) is 11.0 Å². The van der Waals surface area contributed by atoms with Gasteiger partial charge < -0.3 is 9.64 Å². The van der Waals surface area contributed by atoms with Gasteiger partial charge in [0.15, 0.2) is 23.8 Å². The molecule has 1 aromatic carbocycles. The molecule has 3 aromatic rings. The quantitative estimate of drug-likeness (QED) is 0.581. The molecule has 0 N–H and O–H groups in total. The highest BCUT2D eigenvalue weighted by Crippen LogP contribution is 2.32. The molecule has 0 unspecified atom stereocenters. The molecule has 0 bridgehead atoms. The molecule has 1 aliphatic rings. The van der Waals surface area contributed by atoms with Crippen molar-refractivity contribution in [2.24, 2.45) is 0 Å². The Kier molecular flexibility index (Phi) is 5.55. The third kappa shape index (κ3) is 4.47. The number of para-hydroxylation sites is 1. The molecule has 10 heteroatoms. The van der Waals surface area contributed by atoms with Crippen LogP contribution in [-0.2, 0) is 11.0 Å². The van der Waals surface area contributed by atoms with Crippen molar-refractivity contribution >= 4 is 11.6 Å². The fourth-order valence-electron chi connectivity index (χ4n) is 3.76. The molecule has 31 heavy (non-hydrogen) atoms. The van der Waals surface area contributed by atoms with Gasteiger partial charge in [0.1, 0.15) is 5.69 Å². The summed E-state index contributed by atoms with van der Waals surface area (Å²) in [6.07, 6.45) is -3.21. The maximum atomic E-state index is 13.7. The first kappa shape index (κ1) is 21.1. The van der Waals surface area contributed by atoms with Crippen LogP contribution < -0.4 is 4.74 Å². The van der Waals surface area contributed by atoms with E-state index in [4.69, 9.17) is 4.74 Å². The molecule has 0 saturated carbocycles. The van der Waals surface area contributed by atoms with Crippen LogP contribution in [0.5, 0.6) is 5.75 Å². The van der Waals surface area contributed by atoms with E-state index in [9.17, 15) is 22.4 Å². The van der Waals surface area contributed by atoms with E-state index in [1.807, 2.05) is 0 Å². The summed E-state index contributed by atoms with van der Waals surface area (Å²) in [7, 11) is 0. The van der Waals surface area contributed by atoms with Gasteiger partial charge in [-0.15, -0.1) is 0 Å². The number of ether oxygens (including phenoxy) is 1. The van der Waals surface area contributed by atoms with Gasteiger partial charge in [-0.2, -0.15) is 18.3 Å². The zero-order valence-corrected chi connectivity index (χ0v) is 16.7. The number of benzene rings is 1. The molecular weight excluding hydrogens is 416 g/mol. The van der Waals surface area contributed by atoms with E-state index in [0.717, 1.165) is 10.6 Å². The molecular formula is C21H20F4N4O2. The molecule has 1 amide bonds. The molecule has 3 heterocycles. The van der Waals surface area contributed by atoms with E-state index < -0.39 is 17.7 Å². The first-order chi connectivity index (χ1) is 14.7. The molecule has 164 valence electrons. The van der Waals surface area contributed by atoms with E-state index in [-0.39, 0.29) is 35.5 Å². The summed E-state index contributed by atoms with van der Waals surface area (Å²) in [5.74, 6) is -1.11. The number of likely N-dealkylation sites (tertiary alicyclic amines) is 1. The summed E-state index contributed by atoms with van der Waals surface area (Å²) in [4.78, 5) is 18.3. The average molecular weight is 436 g/mol. The molecule has 1 saturated heterocycles. The zero-order chi connectivity index (χ0) is 22.2. The third-order valence-electron chi connectivity index (χ3n) is 5.24. The Morgan fingerprint density at radius 3 is 2.77 bits per heavy atom. The van der Waals surface area contributed by atoms with Crippen LogP contribution in [0.4, 0.5) is 17.6 Å². The predicted octanol–water partition coefficient (Wildman–Crippen LogP) is 3.98. The Balaban J connectivity index is 1.50. The highest BCUT2D eigenvalue weighted by atomic mass is 19.4. The van der Waals surface area contributed by atoms with Crippen molar-refractivity contribution in [2.75, 3.05) is 19.7 Å². The topological polar surface area (TPSA) is 59.7 Å². The molecule has 4 rings (SSSR count). The summed E-state index contributed by atoms with van der Waals surface area (Å²) < 4.78 is 59.9. The number of nitrogens with zero attached hydrogens (tertiary/aromatic N) is 4. The average Bonchev–Trinajstić information content (AvgIpc) is 3.15. The Labute approximate surface area is 175 Å². The lowest BCUT2D eigenvalue weighted by Crippen LogP contribution is -2.41. The van der Waals surface area contributed by atoms with Crippen LogP contribution in [0, 0.1) is 12.7 Å². The van der Waals surface area contributed by atoms with E-state index >= 15 is 0 Å². The van der Waals surface area contributed by atoms with Crippen LogP contribution in [0.25, 0.3) is 5.65 Å². The van der Waals surface area contributed by atoms with Gasteiger partial charge in [0, 0.05) is 30.8 Å². The predicted molar refractivity (Wildman–Crippen MR) is 103 cm³/mol. The van der Waals surface area contributed by atoms with Crippen molar-refractivity contribution in [3.63, 3.8) is 0 Å². The van der Waals surface area contributed by atoms with Gasteiger partial charge in [0.25, 0.3) is 5.91 Å². The van der Waals surface area contributed by atoms with Gasteiger partial charge in [-0.1, -0.05) is 12.1 Å². The minimum atomic E-state index is -4.56. The number of carbonyl (C=O) groups excluding carboxylic acids is 1. The molecule has 1 fully saturated rings. The Morgan fingerprint density at radius 2 is 2.03 bits per heavy atom. The van der Waals surface area contributed by atoms with Crippen LogP contribution in [0.15, 0.2) is 36.4 Å². The fourth-order valence-corrected chi connectivity index (χ4v) is 3.76. The molecule has 0 spiro atoms. The van der Waals surface area contributed by atoms with Crippen LogP contribution in [-0.4, -0.2) is 45.1 Å². The summed E-state index contributed by atoms with van der Waals surface area (Å²) in [6, 6.07) is 8.30. The summed E-state index contributed by atoms with van der Waals surface area (Å²) in [6.45, 7) is 1.97. The maximum Gasteiger partial charge on any atom is 0.433 e. The van der Waals surface area contributed by atoms with Crippen molar-refractivity contribution in [3.8, 4) is 5.75 Å². The van der Waals surface area contributed by atoms with Crippen LogP contribution in [0.2, 0.25) is 0 Å². The largest absolute Gasteiger partial charge is 0.481 e. The number of alkyl halides is 3. The van der Waals surface area contributed by atoms with Gasteiger partial charge in [-0.3, -0.25) is 4.79 Å². The number of carbonyl (C=O) groups is 1. The number of halogens is 4. The van der Waals surface area contributed by atoms with Crippen LogP contribution >= 0.6 is 0 Å². The second-order valence-corrected chi connectivity index (χ2v) is 7.52. The standard InChI is InChI=1S/C21H20F4N4O2/c1-13-9-18(21(23,24)25)29-19(26-13)10-16(27-29)14-5-4-8-28(11-14)20(30)12-31-17-7-3-2-6-15(17)22/h2-3,6-7,9-10,14H,4-5,8,11-12H2,1H3/t14-/m0/s1. The SMILES string of the molecule is Cc1cc(C(F)(F)F)n2nc([C@H]3CCCN(C(=O)COc4ccccc4F)C3)cc2n1. The minimum Gasteiger partial charge on any atom is -0.481 e. The van der Waals surface area contributed by atoms with Crippen LogP contribution in [0.1, 0.15) is 35.8 Å². The summed E-state index contributed by atoms with van der Waals surface area (Å²) in [5, 5.41) is 4.16. The Morgan fingerprint density at radius 1 is 1.26 bits per heavy atom. The van der Waals surface area contributed by atoms with Crippen molar-refractivity contribution in [1.29, 1.82) is 0 Å². The number of hydrogen-bond donors (Lipinski definition) is 0. The van der Waals surface area contributed by atoms with Crippen molar-refractivity contribution < 1.29 is 27.1 Å².